The molecule has 0 aromatic heterocycles. The Bertz CT molecular complexity index is 211. The fraction of sp³-hybridized carbons (Fsp3) is 0.900. The summed E-state index contributed by atoms with van der Waals surface area (Å²) in [5, 5.41) is 0.415. The van der Waals surface area contributed by atoms with Crippen LogP contribution in [0.2, 0.25) is 0 Å². The van der Waals surface area contributed by atoms with E-state index in [-0.39, 0.29) is 10.6 Å². The summed E-state index contributed by atoms with van der Waals surface area (Å²) >= 11 is 7.81. The largest absolute Gasteiger partial charge is 0.340 e. The van der Waals surface area contributed by atoms with Crippen molar-refractivity contribution in [2.75, 3.05) is 18.8 Å². The normalized spacial score (nSPS) is 33.4. The van der Waals surface area contributed by atoms with Gasteiger partial charge in [0.1, 0.15) is 0 Å². The van der Waals surface area contributed by atoms with Gasteiger partial charge < -0.3 is 4.90 Å². The van der Waals surface area contributed by atoms with Gasteiger partial charge in [0.05, 0.1) is 10.6 Å². The molecule has 2 atom stereocenters. The second-order valence-corrected chi connectivity index (χ2v) is 5.95. The summed E-state index contributed by atoms with van der Waals surface area (Å²) in [7, 11) is 0. The van der Waals surface area contributed by atoms with Crippen LogP contribution in [-0.2, 0) is 4.79 Å². The second-order valence-electron chi connectivity index (χ2n) is 4.03. The highest BCUT2D eigenvalue weighted by atomic mass is 35.5. The average molecular weight is 234 g/mol. The van der Waals surface area contributed by atoms with E-state index in [0.717, 1.165) is 31.7 Å². The molecule has 80 valence electrons. The van der Waals surface area contributed by atoms with Crippen LogP contribution in [0.15, 0.2) is 0 Å². The molecule has 0 aliphatic carbocycles. The standard InChI is InChI=1S/C10H16ClNOS/c11-8-4-5-12(7-8)10(13)9-3-1-2-6-14-9/h8-9H,1-7H2. The molecule has 2 aliphatic heterocycles. The van der Waals surface area contributed by atoms with Crippen molar-refractivity contribution in [2.45, 2.75) is 36.3 Å². The van der Waals surface area contributed by atoms with E-state index >= 15 is 0 Å². The number of likely N-dealkylation sites (tertiary alicyclic amines) is 1. The molecule has 0 N–H and O–H groups in total. The van der Waals surface area contributed by atoms with Crippen molar-refractivity contribution in [3.8, 4) is 0 Å². The number of rotatable bonds is 1. The topological polar surface area (TPSA) is 20.3 Å². The van der Waals surface area contributed by atoms with E-state index in [1.807, 2.05) is 16.7 Å². The molecule has 1 amide bonds. The van der Waals surface area contributed by atoms with Crippen molar-refractivity contribution in [3.05, 3.63) is 0 Å². The monoisotopic (exact) mass is 233 g/mol. The van der Waals surface area contributed by atoms with Crippen LogP contribution in [0.5, 0.6) is 0 Å². The van der Waals surface area contributed by atoms with Gasteiger partial charge in [-0.25, -0.2) is 0 Å². The molecule has 2 heterocycles. The summed E-state index contributed by atoms with van der Waals surface area (Å²) in [4.78, 5) is 13.9. The summed E-state index contributed by atoms with van der Waals surface area (Å²) in [5.41, 5.74) is 0. The number of hydrogen-bond donors (Lipinski definition) is 0. The van der Waals surface area contributed by atoms with Gasteiger partial charge in [-0.2, -0.15) is 0 Å². The molecule has 2 rings (SSSR count). The lowest BCUT2D eigenvalue weighted by Crippen LogP contribution is -2.37. The number of hydrogen-bond acceptors (Lipinski definition) is 2. The van der Waals surface area contributed by atoms with E-state index in [2.05, 4.69) is 0 Å². The molecular formula is C10H16ClNOS. The quantitative estimate of drug-likeness (QED) is 0.647. The smallest absolute Gasteiger partial charge is 0.235 e. The van der Waals surface area contributed by atoms with Crippen molar-refractivity contribution in [2.24, 2.45) is 0 Å². The highest BCUT2D eigenvalue weighted by Gasteiger charge is 2.30. The minimum atomic E-state index is 0.188. The molecule has 0 spiro atoms. The molecule has 0 aromatic carbocycles. The number of nitrogens with zero attached hydrogens (tertiary/aromatic N) is 1. The maximum atomic E-state index is 12.0. The van der Waals surface area contributed by atoms with E-state index in [4.69, 9.17) is 11.6 Å². The Balaban J connectivity index is 1.87. The Morgan fingerprint density at radius 3 is 2.79 bits per heavy atom. The Labute approximate surface area is 94.4 Å². The van der Waals surface area contributed by atoms with Crippen LogP contribution in [0.3, 0.4) is 0 Å². The molecule has 2 fully saturated rings. The van der Waals surface area contributed by atoms with Gasteiger partial charge in [0.25, 0.3) is 0 Å². The van der Waals surface area contributed by atoms with Crippen molar-refractivity contribution in [1.29, 1.82) is 0 Å². The van der Waals surface area contributed by atoms with Gasteiger partial charge in [-0.05, 0) is 25.0 Å². The van der Waals surface area contributed by atoms with Gasteiger partial charge in [-0.15, -0.1) is 23.4 Å². The van der Waals surface area contributed by atoms with Crippen LogP contribution in [0, 0.1) is 0 Å². The van der Waals surface area contributed by atoms with Gasteiger partial charge in [-0.3, -0.25) is 4.79 Å². The second kappa shape index (κ2) is 4.75. The van der Waals surface area contributed by atoms with Crippen molar-refractivity contribution in [1.82, 2.24) is 4.90 Å². The molecule has 0 radical (unpaired) electrons. The summed E-state index contributed by atoms with van der Waals surface area (Å²) in [5.74, 6) is 1.48. The lowest BCUT2D eigenvalue weighted by atomic mass is 10.2. The minimum absolute atomic E-state index is 0.188. The summed E-state index contributed by atoms with van der Waals surface area (Å²) in [6.07, 6.45) is 4.51. The zero-order valence-corrected chi connectivity index (χ0v) is 9.82. The number of alkyl halides is 1. The predicted molar refractivity (Wildman–Crippen MR) is 60.9 cm³/mol. The summed E-state index contributed by atoms with van der Waals surface area (Å²) < 4.78 is 0. The average Bonchev–Trinajstić information content (AvgIpc) is 2.65. The number of thioether (sulfide) groups is 1. The van der Waals surface area contributed by atoms with Gasteiger partial charge >= 0.3 is 0 Å². The molecule has 2 unspecified atom stereocenters. The fourth-order valence-corrected chi connectivity index (χ4v) is 3.60. The van der Waals surface area contributed by atoms with E-state index in [0.29, 0.717) is 5.91 Å². The minimum Gasteiger partial charge on any atom is -0.340 e. The summed E-state index contributed by atoms with van der Waals surface area (Å²) in [6, 6.07) is 0. The zero-order chi connectivity index (χ0) is 9.97. The molecule has 0 bridgehead atoms. The molecule has 0 saturated carbocycles. The van der Waals surface area contributed by atoms with E-state index in [1.54, 1.807) is 0 Å². The van der Waals surface area contributed by atoms with Crippen molar-refractivity contribution in [3.63, 3.8) is 0 Å². The third-order valence-electron chi connectivity index (χ3n) is 2.90. The first-order valence-electron chi connectivity index (χ1n) is 5.32. The van der Waals surface area contributed by atoms with Crippen LogP contribution >= 0.6 is 23.4 Å². The first-order valence-corrected chi connectivity index (χ1v) is 6.80. The molecule has 0 aromatic rings. The lowest BCUT2D eigenvalue weighted by Gasteiger charge is -2.25. The Morgan fingerprint density at radius 2 is 2.21 bits per heavy atom. The van der Waals surface area contributed by atoms with Crippen LogP contribution in [0.25, 0.3) is 0 Å². The molecule has 2 saturated heterocycles. The Kier molecular flexibility index (Phi) is 3.61. The maximum Gasteiger partial charge on any atom is 0.235 e. The summed E-state index contributed by atoms with van der Waals surface area (Å²) in [6.45, 7) is 1.63. The van der Waals surface area contributed by atoms with Gasteiger partial charge in [0.2, 0.25) is 5.91 Å². The number of amides is 1. The zero-order valence-electron chi connectivity index (χ0n) is 8.25. The van der Waals surface area contributed by atoms with E-state index < -0.39 is 0 Å². The van der Waals surface area contributed by atoms with Gasteiger partial charge in [0.15, 0.2) is 0 Å². The van der Waals surface area contributed by atoms with Crippen LogP contribution < -0.4 is 0 Å². The van der Waals surface area contributed by atoms with E-state index in [9.17, 15) is 4.79 Å². The first kappa shape index (κ1) is 10.6. The van der Waals surface area contributed by atoms with Crippen LogP contribution in [0.1, 0.15) is 25.7 Å². The number of carbonyl (C=O) groups excluding carboxylic acids is 1. The molecule has 2 nitrogen and oxygen atoms in total. The Morgan fingerprint density at radius 1 is 1.36 bits per heavy atom. The van der Waals surface area contributed by atoms with Crippen molar-refractivity contribution >= 4 is 29.3 Å². The molecule has 2 aliphatic rings. The molecular weight excluding hydrogens is 218 g/mol. The van der Waals surface area contributed by atoms with Gasteiger partial charge in [0, 0.05) is 13.1 Å². The molecule has 4 heteroatoms. The lowest BCUT2D eigenvalue weighted by molar-refractivity contribution is -0.129. The maximum absolute atomic E-state index is 12.0. The fourth-order valence-electron chi connectivity index (χ4n) is 2.06. The van der Waals surface area contributed by atoms with Crippen molar-refractivity contribution < 1.29 is 4.79 Å². The third kappa shape index (κ3) is 2.37. The van der Waals surface area contributed by atoms with Crippen LogP contribution in [0.4, 0.5) is 0 Å². The predicted octanol–water partition coefficient (Wildman–Crippen LogP) is 2.11. The number of halogens is 1. The first-order chi connectivity index (χ1) is 6.77. The Hall–Kier alpha value is 0.110. The van der Waals surface area contributed by atoms with Gasteiger partial charge in [-0.1, -0.05) is 6.42 Å². The SMILES string of the molecule is O=C(C1CCCCS1)N1CCC(Cl)C1. The van der Waals surface area contributed by atoms with Crippen LogP contribution in [-0.4, -0.2) is 40.3 Å². The number of carbonyl (C=O) groups is 1. The van der Waals surface area contributed by atoms with E-state index in [1.165, 1.54) is 12.8 Å². The molecule has 14 heavy (non-hydrogen) atoms. The highest BCUT2D eigenvalue weighted by Crippen LogP contribution is 2.28. The third-order valence-corrected chi connectivity index (χ3v) is 4.62. The highest BCUT2D eigenvalue weighted by molar-refractivity contribution is 8.00.